The Bertz CT molecular complexity index is 625. The number of benzene rings is 1. The molecule has 2 aliphatic heterocycles. The van der Waals surface area contributed by atoms with Gasteiger partial charge in [-0.25, -0.2) is 0 Å². The molecule has 6 heteroatoms. The van der Waals surface area contributed by atoms with E-state index >= 15 is 0 Å². The van der Waals surface area contributed by atoms with Gasteiger partial charge in [-0.3, -0.25) is 0 Å². The Balaban J connectivity index is 1.78. The molecule has 2 heterocycles. The lowest BCUT2D eigenvalue weighted by molar-refractivity contribution is 0.228. The van der Waals surface area contributed by atoms with Crippen molar-refractivity contribution in [2.75, 3.05) is 26.2 Å². The average Bonchev–Trinajstić information content (AvgIpc) is 2.97. The van der Waals surface area contributed by atoms with E-state index in [1.54, 1.807) is 0 Å². The summed E-state index contributed by atoms with van der Waals surface area (Å²) in [6.07, 6.45) is 2.21. The molecular formula is C19H27Cl2N3O. The zero-order valence-corrected chi connectivity index (χ0v) is 16.7. The van der Waals surface area contributed by atoms with Crippen molar-refractivity contribution < 1.29 is 4.74 Å². The number of rotatable bonds is 6. The van der Waals surface area contributed by atoms with E-state index in [4.69, 9.17) is 27.9 Å². The first-order valence-corrected chi connectivity index (χ1v) is 9.91. The fourth-order valence-electron chi connectivity index (χ4n) is 3.59. The molecule has 1 fully saturated rings. The summed E-state index contributed by atoms with van der Waals surface area (Å²) >= 11 is 12.9. The van der Waals surface area contributed by atoms with Crippen molar-refractivity contribution >= 4 is 28.9 Å². The number of hydrogen-bond donors (Lipinski definition) is 1. The first-order chi connectivity index (χ1) is 12.0. The minimum atomic E-state index is 0.129. The number of halogens is 2. The van der Waals surface area contributed by atoms with Crippen LogP contribution in [0.3, 0.4) is 0 Å². The van der Waals surface area contributed by atoms with Gasteiger partial charge in [0.1, 0.15) is 0 Å². The van der Waals surface area contributed by atoms with Gasteiger partial charge in [-0.2, -0.15) is 5.10 Å². The summed E-state index contributed by atoms with van der Waals surface area (Å²) in [4.78, 5) is 2.52. The van der Waals surface area contributed by atoms with Crippen molar-refractivity contribution in [3.05, 3.63) is 27.7 Å². The summed E-state index contributed by atoms with van der Waals surface area (Å²) in [6.45, 7) is 10.3. The third-order valence-corrected chi connectivity index (χ3v) is 5.36. The van der Waals surface area contributed by atoms with Crippen molar-refractivity contribution in [1.82, 2.24) is 10.3 Å². The van der Waals surface area contributed by atoms with E-state index in [1.165, 1.54) is 12.1 Å². The lowest BCUT2D eigenvalue weighted by Crippen LogP contribution is -2.42. The monoisotopic (exact) mass is 383 g/mol. The number of nitrogens with one attached hydrogen (secondary N) is 1. The Morgan fingerprint density at radius 1 is 1.32 bits per heavy atom. The smallest absolute Gasteiger partial charge is 0.156 e. The van der Waals surface area contributed by atoms with Crippen LogP contribution in [0.25, 0.3) is 0 Å². The van der Waals surface area contributed by atoms with Crippen molar-refractivity contribution in [3.63, 3.8) is 0 Å². The Hall–Kier alpha value is -0.970. The van der Waals surface area contributed by atoms with Crippen LogP contribution in [0.2, 0.25) is 10.0 Å². The van der Waals surface area contributed by atoms with Crippen LogP contribution < -0.4 is 10.2 Å². The quantitative estimate of drug-likeness (QED) is 0.768. The summed E-state index contributed by atoms with van der Waals surface area (Å²) in [6, 6.07) is 4.07. The van der Waals surface area contributed by atoms with E-state index in [9.17, 15) is 0 Å². The fraction of sp³-hybridized carbons (Fsp3) is 0.632. The topological polar surface area (TPSA) is 36.9 Å². The van der Waals surface area contributed by atoms with Gasteiger partial charge in [0.2, 0.25) is 0 Å². The lowest BCUT2D eigenvalue weighted by Gasteiger charge is -2.33. The number of ether oxygens (including phenoxy) is 1. The van der Waals surface area contributed by atoms with Crippen LogP contribution in [-0.2, 0) is 0 Å². The van der Waals surface area contributed by atoms with E-state index in [0.717, 1.165) is 31.6 Å². The van der Waals surface area contributed by atoms with E-state index in [1.807, 2.05) is 12.1 Å². The zero-order chi connectivity index (χ0) is 18.0. The molecule has 138 valence electrons. The number of fused-ring (bicyclic) bond motifs is 1. The van der Waals surface area contributed by atoms with Crippen LogP contribution in [-0.4, -0.2) is 36.9 Å². The molecule has 0 bridgehead atoms. The van der Waals surface area contributed by atoms with Gasteiger partial charge in [-0.05, 0) is 36.6 Å². The highest BCUT2D eigenvalue weighted by Crippen LogP contribution is 2.40. The highest BCUT2D eigenvalue weighted by molar-refractivity contribution is 6.37. The molecule has 1 aromatic carbocycles. The van der Waals surface area contributed by atoms with Crippen molar-refractivity contribution in [3.8, 4) is 5.75 Å². The molecule has 0 aliphatic carbocycles. The maximum Gasteiger partial charge on any atom is 0.156 e. The molecular weight excluding hydrogens is 357 g/mol. The summed E-state index contributed by atoms with van der Waals surface area (Å²) in [5.74, 6) is 1.39. The highest BCUT2D eigenvalue weighted by Gasteiger charge is 2.37. The van der Waals surface area contributed by atoms with Gasteiger partial charge in [-0.15, -0.1) is 0 Å². The van der Waals surface area contributed by atoms with Gasteiger partial charge < -0.3 is 15.1 Å². The molecule has 2 aliphatic rings. The highest BCUT2D eigenvalue weighted by atomic mass is 35.5. The van der Waals surface area contributed by atoms with Crippen molar-refractivity contribution in [1.29, 1.82) is 0 Å². The van der Waals surface area contributed by atoms with Crippen molar-refractivity contribution in [2.24, 2.45) is 16.9 Å². The van der Waals surface area contributed by atoms with Crippen LogP contribution >= 0.6 is 23.2 Å². The SMILES string of the molecule is CCCN1CCC2=NNC(c3cc(Cl)c(OCC(C)C)c(Cl)c3)C2C1. The second-order valence-electron chi connectivity index (χ2n) is 7.39. The second-order valence-corrected chi connectivity index (χ2v) is 8.20. The van der Waals surface area contributed by atoms with Crippen LogP contribution in [0.4, 0.5) is 0 Å². The van der Waals surface area contributed by atoms with Crippen LogP contribution in [0.15, 0.2) is 17.2 Å². The molecule has 0 radical (unpaired) electrons. The largest absolute Gasteiger partial charge is 0.490 e. The number of nitrogens with zero attached hydrogens (tertiary/aromatic N) is 2. The van der Waals surface area contributed by atoms with Gasteiger partial charge in [0.25, 0.3) is 0 Å². The summed E-state index contributed by atoms with van der Waals surface area (Å²) in [5, 5.41) is 5.71. The predicted molar refractivity (Wildman–Crippen MR) is 105 cm³/mol. The molecule has 0 saturated carbocycles. The third kappa shape index (κ3) is 4.24. The summed E-state index contributed by atoms with van der Waals surface area (Å²) in [5.41, 5.74) is 5.65. The first-order valence-electron chi connectivity index (χ1n) is 9.15. The van der Waals surface area contributed by atoms with Gasteiger partial charge in [0, 0.05) is 31.1 Å². The van der Waals surface area contributed by atoms with Gasteiger partial charge in [0.15, 0.2) is 5.75 Å². The molecule has 0 aromatic heterocycles. The molecule has 3 rings (SSSR count). The van der Waals surface area contributed by atoms with Crippen LogP contribution in [0, 0.1) is 11.8 Å². The number of hydrogen-bond acceptors (Lipinski definition) is 4. The maximum absolute atomic E-state index is 6.47. The molecule has 0 spiro atoms. The third-order valence-electron chi connectivity index (χ3n) is 4.80. The molecule has 1 saturated heterocycles. The first kappa shape index (κ1) is 18.8. The van der Waals surface area contributed by atoms with Crippen molar-refractivity contribution in [2.45, 2.75) is 39.7 Å². The Labute approximate surface area is 160 Å². The zero-order valence-electron chi connectivity index (χ0n) is 15.2. The van der Waals surface area contributed by atoms with E-state index in [2.05, 4.69) is 36.2 Å². The maximum atomic E-state index is 6.47. The molecule has 1 N–H and O–H groups in total. The molecule has 1 aromatic rings. The summed E-state index contributed by atoms with van der Waals surface area (Å²) < 4.78 is 5.78. The fourth-order valence-corrected chi connectivity index (χ4v) is 4.20. The molecule has 0 amide bonds. The predicted octanol–water partition coefficient (Wildman–Crippen LogP) is 4.76. The van der Waals surface area contributed by atoms with E-state index in [-0.39, 0.29) is 6.04 Å². The van der Waals surface area contributed by atoms with Crippen LogP contribution in [0.5, 0.6) is 5.75 Å². The second kappa shape index (κ2) is 8.15. The molecule has 2 unspecified atom stereocenters. The molecule has 2 atom stereocenters. The average molecular weight is 384 g/mol. The normalized spacial score (nSPS) is 23.4. The van der Waals surface area contributed by atoms with Gasteiger partial charge >= 0.3 is 0 Å². The van der Waals surface area contributed by atoms with E-state index < -0.39 is 0 Å². The Kier molecular flexibility index (Phi) is 6.13. The molecule has 4 nitrogen and oxygen atoms in total. The number of hydrazone groups is 1. The van der Waals surface area contributed by atoms with Crippen LogP contribution in [0.1, 0.15) is 45.2 Å². The van der Waals surface area contributed by atoms with Gasteiger partial charge in [0.05, 0.1) is 22.7 Å². The Morgan fingerprint density at radius 3 is 2.68 bits per heavy atom. The Morgan fingerprint density at radius 2 is 2.04 bits per heavy atom. The number of likely N-dealkylation sites (tertiary alicyclic amines) is 1. The number of piperidine rings is 1. The van der Waals surface area contributed by atoms with Gasteiger partial charge in [-0.1, -0.05) is 44.0 Å². The minimum Gasteiger partial charge on any atom is -0.490 e. The standard InChI is InChI=1S/C19H27Cl2N3O/c1-4-6-24-7-5-17-14(10-24)18(23-22-17)13-8-15(20)19(16(21)9-13)25-11-12(2)3/h8-9,12,14,18,23H,4-7,10-11H2,1-3H3. The summed E-state index contributed by atoms with van der Waals surface area (Å²) in [7, 11) is 0. The molecule has 25 heavy (non-hydrogen) atoms. The lowest BCUT2D eigenvalue weighted by atomic mass is 9.86. The minimum absolute atomic E-state index is 0.129. The van der Waals surface area contributed by atoms with E-state index in [0.29, 0.717) is 34.2 Å².